The maximum atomic E-state index is 13.3. The third-order valence-electron chi connectivity index (χ3n) is 5.79. The molecule has 0 aliphatic carbocycles. The molecule has 0 N–H and O–H groups in total. The van der Waals surface area contributed by atoms with Gasteiger partial charge in [0, 0.05) is 45.0 Å². The Morgan fingerprint density at radius 1 is 1.06 bits per heavy atom. The number of amides is 1. The Kier molecular flexibility index (Phi) is 7.69. The maximum absolute atomic E-state index is 13.3. The fraction of sp³-hybridized carbons (Fsp3) is 0.435. The summed E-state index contributed by atoms with van der Waals surface area (Å²) in [6.07, 6.45) is 0.795. The highest BCUT2D eigenvalue weighted by Crippen LogP contribution is 2.26. The number of methoxy groups -OCH3 is 1. The summed E-state index contributed by atoms with van der Waals surface area (Å²) in [7, 11) is -0.552. The molecule has 0 spiro atoms. The van der Waals surface area contributed by atoms with Crippen LogP contribution in [0.25, 0.3) is 0 Å². The zero-order chi connectivity index (χ0) is 23.5. The van der Waals surface area contributed by atoms with Crippen molar-refractivity contribution < 1.29 is 17.9 Å². The molecule has 1 aliphatic heterocycles. The van der Waals surface area contributed by atoms with Crippen molar-refractivity contribution in [2.24, 2.45) is 0 Å². The second-order valence-electron chi connectivity index (χ2n) is 8.09. The minimum atomic E-state index is -3.71. The first kappa shape index (κ1) is 24.4. The SMILES string of the molecule is COc1ccc(N2CCCN(C(=O)c3cc(S(=O)(=O)N(C)C(C)C)ccc3Cl)CC2)cc1. The van der Waals surface area contributed by atoms with Crippen molar-refractivity contribution in [2.75, 3.05) is 45.2 Å². The third-order valence-corrected chi connectivity index (χ3v) is 8.15. The Morgan fingerprint density at radius 3 is 2.38 bits per heavy atom. The number of anilines is 1. The predicted molar refractivity (Wildman–Crippen MR) is 127 cm³/mol. The smallest absolute Gasteiger partial charge is 0.255 e. The van der Waals surface area contributed by atoms with E-state index in [2.05, 4.69) is 4.90 Å². The van der Waals surface area contributed by atoms with E-state index in [0.717, 1.165) is 24.4 Å². The Bertz CT molecular complexity index is 1060. The van der Waals surface area contributed by atoms with Crippen LogP contribution in [0.1, 0.15) is 30.6 Å². The van der Waals surface area contributed by atoms with Gasteiger partial charge in [0.2, 0.25) is 10.0 Å². The van der Waals surface area contributed by atoms with Gasteiger partial charge in [-0.1, -0.05) is 11.6 Å². The van der Waals surface area contributed by atoms with E-state index >= 15 is 0 Å². The molecule has 1 aliphatic rings. The van der Waals surface area contributed by atoms with E-state index in [9.17, 15) is 13.2 Å². The van der Waals surface area contributed by atoms with Crippen LogP contribution in [0.3, 0.4) is 0 Å². The van der Waals surface area contributed by atoms with E-state index in [-0.39, 0.29) is 27.4 Å². The van der Waals surface area contributed by atoms with Gasteiger partial charge < -0.3 is 14.5 Å². The highest BCUT2D eigenvalue weighted by atomic mass is 35.5. The summed E-state index contributed by atoms with van der Waals surface area (Å²) in [5.41, 5.74) is 1.28. The minimum Gasteiger partial charge on any atom is -0.497 e. The number of sulfonamides is 1. The topological polar surface area (TPSA) is 70.2 Å². The molecule has 174 valence electrons. The standard InChI is InChI=1S/C23H30ClN3O4S/c1-17(2)25(3)32(29,30)20-10-11-22(24)21(16-20)23(28)27-13-5-12-26(14-15-27)18-6-8-19(31-4)9-7-18/h6-11,16-17H,5,12-15H2,1-4H3. The number of nitrogens with zero attached hydrogens (tertiary/aromatic N) is 3. The lowest BCUT2D eigenvalue weighted by atomic mass is 10.2. The van der Waals surface area contributed by atoms with Crippen molar-refractivity contribution in [3.05, 3.63) is 53.1 Å². The number of rotatable bonds is 6. The van der Waals surface area contributed by atoms with Gasteiger partial charge in [0.05, 0.1) is 22.6 Å². The molecule has 0 bridgehead atoms. The number of ether oxygens (including phenoxy) is 1. The maximum Gasteiger partial charge on any atom is 0.255 e. The molecular formula is C23H30ClN3O4S. The normalized spacial score (nSPS) is 15.2. The van der Waals surface area contributed by atoms with Crippen LogP contribution in [0, 0.1) is 0 Å². The highest BCUT2D eigenvalue weighted by Gasteiger charge is 2.27. The van der Waals surface area contributed by atoms with Gasteiger partial charge in [0.1, 0.15) is 5.75 Å². The van der Waals surface area contributed by atoms with E-state index in [1.165, 1.54) is 29.6 Å². The number of hydrogen-bond acceptors (Lipinski definition) is 5. The first-order chi connectivity index (χ1) is 15.1. The van der Waals surface area contributed by atoms with Gasteiger partial charge in [0.15, 0.2) is 0 Å². The van der Waals surface area contributed by atoms with Crippen molar-refractivity contribution in [1.29, 1.82) is 0 Å². The van der Waals surface area contributed by atoms with Crippen LogP contribution in [0.4, 0.5) is 5.69 Å². The summed E-state index contributed by atoms with van der Waals surface area (Å²) in [5, 5.41) is 0.248. The number of halogens is 1. The second-order valence-corrected chi connectivity index (χ2v) is 10.5. The average molecular weight is 480 g/mol. The number of benzene rings is 2. The van der Waals surface area contributed by atoms with Crippen LogP contribution < -0.4 is 9.64 Å². The lowest BCUT2D eigenvalue weighted by Gasteiger charge is -2.24. The monoisotopic (exact) mass is 479 g/mol. The van der Waals surface area contributed by atoms with E-state index < -0.39 is 10.0 Å². The van der Waals surface area contributed by atoms with Gasteiger partial charge in [-0.25, -0.2) is 8.42 Å². The van der Waals surface area contributed by atoms with Gasteiger partial charge in [0.25, 0.3) is 5.91 Å². The fourth-order valence-corrected chi connectivity index (χ4v) is 5.21. The summed E-state index contributed by atoms with van der Waals surface area (Å²) in [5.74, 6) is 0.545. The van der Waals surface area contributed by atoms with Crippen LogP contribution in [-0.4, -0.2) is 69.9 Å². The lowest BCUT2D eigenvalue weighted by Crippen LogP contribution is -2.36. The molecule has 0 aromatic heterocycles. The zero-order valence-corrected chi connectivity index (χ0v) is 20.5. The molecule has 9 heteroatoms. The molecule has 0 saturated carbocycles. The molecule has 0 atom stereocenters. The average Bonchev–Trinajstić information content (AvgIpc) is 3.04. The molecule has 2 aromatic rings. The fourth-order valence-electron chi connectivity index (χ4n) is 3.61. The quantitative estimate of drug-likeness (QED) is 0.631. The number of carbonyl (C=O) groups excluding carboxylic acids is 1. The van der Waals surface area contributed by atoms with E-state index in [1.807, 2.05) is 24.3 Å². The molecule has 1 heterocycles. The van der Waals surface area contributed by atoms with Gasteiger partial charge in [-0.2, -0.15) is 4.31 Å². The first-order valence-electron chi connectivity index (χ1n) is 10.6. The second kappa shape index (κ2) is 10.1. The van der Waals surface area contributed by atoms with Gasteiger partial charge in [-0.05, 0) is 62.7 Å². The Balaban J connectivity index is 1.78. The van der Waals surface area contributed by atoms with Crippen molar-refractivity contribution in [3.8, 4) is 5.75 Å². The molecular weight excluding hydrogens is 450 g/mol. The van der Waals surface area contributed by atoms with Crippen LogP contribution in [0.5, 0.6) is 5.75 Å². The summed E-state index contributed by atoms with van der Waals surface area (Å²) < 4.78 is 32.3. The first-order valence-corrected chi connectivity index (χ1v) is 12.4. The van der Waals surface area contributed by atoms with E-state index in [0.29, 0.717) is 19.6 Å². The van der Waals surface area contributed by atoms with Crippen molar-refractivity contribution >= 4 is 33.2 Å². The molecule has 0 unspecified atom stereocenters. The molecule has 0 radical (unpaired) electrons. The van der Waals surface area contributed by atoms with Crippen LogP contribution >= 0.6 is 11.6 Å². The van der Waals surface area contributed by atoms with Crippen molar-refractivity contribution in [3.63, 3.8) is 0 Å². The molecule has 32 heavy (non-hydrogen) atoms. The summed E-state index contributed by atoms with van der Waals surface area (Å²) in [6.45, 7) is 6.17. The number of carbonyl (C=O) groups is 1. The summed E-state index contributed by atoms with van der Waals surface area (Å²) in [4.78, 5) is 17.3. The summed E-state index contributed by atoms with van der Waals surface area (Å²) in [6, 6.07) is 12.0. The van der Waals surface area contributed by atoms with E-state index in [1.54, 1.807) is 25.9 Å². The molecule has 1 saturated heterocycles. The van der Waals surface area contributed by atoms with Gasteiger partial charge in [-0.15, -0.1) is 0 Å². The van der Waals surface area contributed by atoms with Crippen molar-refractivity contribution in [2.45, 2.75) is 31.2 Å². The largest absolute Gasteiger partial charge is 0.497 e. The molecule has 3 rings (SSSR count). The zero-order valence-electron chi connectivity index (χ0n) is 18.9. The Labute approximate surface area is 195 Å². The highest BCUT2D eigenvalue weighted by molar-refractivity contribution is 7.89. The Morgan fingerprint density at radius 2 is 1.75 bits per heavy atom. The van der Waals surface area contributed by atoms with Crippen LogP contribution in [0.15, 0.2) is 47.4 Å². The lowest BCUT2D eigenvalue weighted by molar-refractivity contribution is 0.0767. The molecule has 1 amide bonds. The van der Waals surface area contributed by atoms with Gasteiger partial charge in [-0.3, -0.25) is 4.79 Å². The minimum absolute atomic E-state index is 0.0659. The van der Waals surface area contributed by atoms with E-state index in [4.69, 9.17) is 16.3 Å². The van der Waals surface area contributed by atoms with Crippen molar-refractivity contribution in [1.82, 2.24) is 9.21 Å². The Hall–Kier alpha value is -2.29. The number of hydrogen-bond donors (Lipinski definition) is 0. The van der Waals surface area contributed by atoms with Gasteiger partial charge >= 0.3 is 0 Å². The van der Waals surface area contributed by atoms with Crippen LogP contribution in [0.2, 0.25) is 5.02 Å². The molecule has 2 aromatic carbocycles. The van der Waals surface area contributed by atoms with Crippen LogP contribution in [-0.2, 0) is 10.0 Å². The summed E-state index contributed by atoms with van der Waals surface area (Å²) >= 11 is 6.32. The molecule has 1 fully saturated rings. The third kappa shape index (κ3) is 5.19. The predicted octanol–water partition coefficient (Wildman–Crippen LogP) is 3.73. The molecule has 7 nitrogen and oxygen atoms in total.